The van der Waals surface area contributed by atoms with Crippen molar-refractivity contribution in [2.45, 2.75) is 44.7 Å². The van der Waals surface area contributed by atoms with Crippen LogP contribution >= 0.6 is 0 Å². The van der Waals surface area contributed by atoms with Gasteiger partial charge in [0.25, 0.3) is 5.91 Å². The monoisotopic (exact) mass is 344 g/mol. The van der Waals surface area contributed by atoms with Gasteiger partial charge in [0.05, 0.1) is 6.04 Å². The fourth-order valence-electron chi connectivity index (χ4n) is 4.05. The van der Waals surface area contributed by atoms with Gasteiger partial charge in [0.1, 0.15) is 23.9 Å². The average molecular weight is 344 g/mol. The summed E-state index contributed by atoms with van der Waals surface area (Å²) in [5, 5.41) is 3.93. The predicted molar refractivity (Wildman–Crippen MR) is 88.9 cm³/mol. The molecule has 1 aromatic carbocycles. The number of halogens is 1. The molecule has 5 nitrogen and oxygen atoms in total. The summed E-state index contributed by atoms with van der Waals surface area (Å²) >= 11 is 0. The molecule has 0 radical (unpaired) electrons. The van der Waals surface area contributed by atoms with Crippen LogP contribution in [0.2, 0.25) is 0 Å². The zero-order valence-corrected chi connectivity index (χ0v) is 14.2. The number of amides is 1. The number of nitrogens with zero attached hydrogens (tertiary/aromatic N) is 2. The highest BCUT2D eigenvalue weighted by atomic mass is 19.1. The van der Waals surface area contributed by atoms with Gasteiger partial charge in [0, 0.05) is 18.5 Å². The number of piperidine rings is 1. The molecule has 0 spiro atoms. The molecular formula is C19H21FN2O3. The summed E-state index contributed by atoms with van der Waals surface area (Å²) < 4.78 is 24.0. The minimum atomic E-state index is -0.290. The zero-order chi connectivity index (χ0) is 17.4. The number of fused-ring (bicyclic) bond motifs is 2. The van der Waals surface area contributed by atoms with Gasteiger partial charge in [-0.3, -0.25) is 4.79 Å². The lowest BCUT2D eigenvalue weighted by atomic mass is 9.99. The number of carbonyl (C=O) groups excluding carboxylic acids is 1. The Labute approximate surface area is 145 Å². The van der Waals surface area contributed by atoms with Crippen molar-refractivity contribution < 1.29 is 18.4 Å². The highest BCUT2D eigenvalue weighted by molar-refractivity contribution is 5.93. The van der Waals surface area contributed by atoms with Crippen LogP contribution in [0.1, 0.15) is 42.4 Å². The first kappa shape index (κ1) is 16.1. The van der Waals surface area contributed by atoms with Gasteiger partial charge in [-0.15, -0.1) is 0 Å². The summed E-state index contributed by atoms with van der Waals surface area (Å²) in [5.74, 6) is 1.41. The summed E-state index contributed by atoms with van der Waals surface area (Å²) in [5.41, 5.74) is 0.371. The van der Waals surface area contributed by atoms with E-state index in [1.165, 1.54) is 12.1 Å². The van der Waals surface area contributed by atoms with Crippen LogP contribution in [0, 0.1) is 11.7 Å². The SMILES string of the molecule is CCc1cc(C(=O)N2[C@H]3CC[C@H](C3)[C@@H]2COc2ccc(F)cc2)no1. The Morgan fingerprint density at radius 1 is 1.36 bits per heavy atom. The van der Waals surface area contributed by atoms with Crippen molar-refractivity contribution in [1.29, 1.82) is 0 Å². The Balaban J connectivity index is 1.49. The lowest BCUT2D eigenvalue weighted by Gasteiger charge is -2.34. The van der Waals surface area contributed by atoms with Gasteiger partial charge in [-0.2, -0.15) is 0 Å². The Bertz CT molecular complexity index is 758. The normalized spacial score (nSPS) is 24.7. The molecule has 6 heteroatoms. The van der Waals surface area contributed by atoms with E-state index in [9.17, 15) is 9.18 Å². The van der Waals surface area contributed by atoms with Crippen LogP contribution in [0.3, 0.4) is 0 Å². The second-order valence-electron chi connectivity index (χ2n) is 6.80. The van der Waals surface area contributed by atoms with Gasteiger partial charge in [0.2, 0.25) is 0 Å². The van der Waals surface area contributed by atoms with E-state index in [4.69, 9.17) is 9.26 Å². The minimum absolute atomic E-state index is 0.0260. The maximum atomic E-state index is 13.0. The topological polar surface area (TPSA) is 55.6 Å². The number of carbonyl (C=O) groups is 1. The zero-order valence-electron chi connectivity index (χ0n) is 14.2. The molecule has 2 bridgehead atoms. The highest BCUT2D eigenvalue weighted by Gasteiger charge is 2.49. The first-order valence-electron chi connectivity index (χ1n) is 8.82. The highest BCUT2D eigenvalue weighted by Crippen LogP contribution is 2.43. The number of aryl methyl sites for hydroxylation is 1. The molecule has 1 amide bonds. The van der Waals surface area contributed by atoms with Gasteiger partial charge < -0.3 is 14.2 Å². The number of likely N-dealkylation sites (tertiary alicyclic amines) is 1. The molecule has 1 saturated heterocycles. The van der Waals surface area contributed by atoms with E-state index >= 15 is 0 Å². The van der Waals surface area contributed by atoms with Crippen LogP contribution in [0.25, 0.3) is 0 Å². The Kier molecular flexibility index (Phi) is 4.19. The van der Waals surface area contributed by atoms with E-state index in [0.717, 1.165) is 19.3 Å². The van der Waals surface area contributed by atoms with Crippen molar-refractivity contribution in [2.75, 3.05) is 6.61 Å². The number of rotatable bonds is 5. The van der Waals surface area contributed by atoms with Crippen LogP contribution in [-0.2, 0) is 6.42 Å². The standard InChI is InChI=1S/C19H21FN2O3/c1-2-15-10-17(21-25-15)19(23)22-14-6-3-12(9-14)18(22)11-24-16-7-4-13(20)5-8-16/h4-5,7-8,10,12,14,18H,2-3,6,9,11H2,1H3/t12-,14+,18+/m1/s1. The number of aromatic nitrogens is 1. The second kappa shape index (κ2) is 6.50. The molecule has 1 saturated carbocycles. The van der Waals surface area contributed by atoms with Gasteiger partial charge >= 0.3 is 0 Å². The van der Waals surface area contributed by atoms with Gasteiger partial charge in [-0.1, -0.05) is 12.1 Å². The average Bonchev–Trinajstić information content (AvgIpc) is 3.35. The molecule has 3 atom stereocenters. The molecule has 25 heavy (non-hydrogen) atoms. The lowest BCUT2D eigenvalue weighted by Crippen LogP contribution is -2.47. The first-order chi connectivity index (χ1) is 12.2. The Hall–Kier alpha value is -2.37. The molecule has 1 aliphatic heterocycles. The molecule has 2 aromatic rings. The van der Waals surface area contributed by atoms with Crippen LogP contribution < -0.4 is 4.74 Å². The smallest absolute Gasteiger partial charge is 0.276 e. The predicted octanol–water partition coefficient (Wildman–Crippen LogP) is 3.45. The van der Waals surface area contributed by atoms with E-state index in [2.05, 4.69) is 5.16 Å². The molecule has 2 heterocycles. The number of ether oxygens (including phenoxy) is 1. The molecule has 1 aromatic heterocycles. The first-order valence-corrected chi connectivity index (χ1v) is 8.82. The van der Waals surface area contributed by atoms with Gasteiger partial charge in [-0.25, -0.2) is 4.39 Å². The molecule has 0 N–H and O–H groups in total. The third-order valence-corrected chi connectivity index (χ3v) is 5.34. The van der Waals surface area contributed by atoms with E-state index in [-0.39, 0.29) is 23.8 Å². The summed E-state index contributed by atoms with van der Waals surface area (Å²) in [7, 11) is 0. The molecule has 1 aliphatic carbocycles. The quantitative estimate of drug-likeness (QED) is 0.834. The molecule has 0 unspecified atom stereocenters. The molecule has 2 fully saturated rings. The number of hydrogen-bond acceptors (Lipinski definition) is 4. The minimum Gasteiger partial charge on any atom is -0.491 e. The maximum Gasteiger partial charge on any atom is 0.276 e. The van der Waals surface area contributed by atoms with Gasteiger partial charge in [-0.05, 0) is 49.4 Å². The van der Waals surface area contributed by atoms with Gasteiger partial charge in [0.15, 0.2) is 5.69 Å². The largest absolute Gasteiger partial charge is 0.491 e. The second-order valence-corrected chi connectivity index (χ2v) is 6.80. The van der Waals surface area contributed by atoms with E-state index in [1.807, 2.05) is 11.8 Å². The van der Waals surface area contributed by atoms with Crippen molar-refractivity contribution in [3.8, 4) is 5.75 Å². The molecule has 132 valence electrons. The van der Waals surface area contributed by atoms with E-state index in [1.54, 1.807) is 18.2 Å². The van der Waals surface area contributed by atoms with Crippen LogP contribution in [0.15, 0.2) is 34.9 Å². The molecular weight excluding hydrogens is 323 g/mol. The van der Waals surface area contributed by atoms with Crippen LogP contribution in [-0.4, -0.2) is 34.7 Å². The summed E-state index contributed by atoms with van der Waals surface area (Å²) in [4.78, 5) is 14.9. The van der Waals surface area contributed by atoms with E-state index in [0.29, 0.717) is 36.1 Å². The number of hydrogen-bond donors (Lipinski definition) is 0. The Morgan fingerprint density at radius 3 is 2.88 bits per heavy atom. The lowest BCUT2D eigenvalue weighted by molar-refractivity contribution is 0.0496. The third kappa shape index (κ3) is 3.01. The number of benzene rings is 1. The summed E-state index contributed by atoms with van der Waals surface area (Å²) in [6, 6.07) is 7.98. The molecule has 2 aliphatic rings. The third-order valence-electron chi connectivity index (χ3n) is 5.34. The van der Waals surface area contributed by atoms with Crippen LogP contribution in [0.5, 0.6) is 5.75 Å². The van der Waals surface area contributed by atoms with Crippen molar-refractivity contribution in [2.24, 2.45) is 5.92 Å². The van der Waals surface area contributed by atoms with Crippen molar-refractivity contribution in [3.63, 3.8) is 0 Å². The maximum absolute atomic E-state index is 13.0. The molecule has 4 rings (SSSR count). The van der Waals surface area contributed by atoms with Crippen molar-refractivity contribution in [3.05, 3.63) is 47.6 Å². The van der Waals surface area contributed by atoms with E-state index < -0.39 is 0 Å². The Morgan fingerprint density at radius 2 is 2.16 bits per heavy atom. The van der Waals surface area contributed by atoms with Crippen molar-refractivity contribution in [1.82, 2.24) is 10.1 Å². The van der Waals surface area contributed by atoms with Crippen LogP contribution in [0.4, 0.5) is 4.39 Å². The summed E-state index contributed by atoms with van der Waals surface area (Å²) in [6.07, 6.45) is 3.87. The fourth-order valence-corrected chi connectivity index (χ4v) is 4.05. The fraction of sp³-hybridized carbons (Fsp3) is 0.474. The van der Waals surface area contributed by atoms with Crippen molar-refractivity contribution >= 4 is 5.91 Å². The summed E-state index contributed by atoms with van der Waals surface area (Å²) in [6.45, 7) is 2.38.